The lowest BCUT2D eigenvalue weighted by Crippen LogP contribution is -2.52. The average Bonchev–Trinajstić information content (AvgIpc) is 3.36. The molecule has 3 heterocycles. The molecule has 1 amide bonds. The second kappa shape index (κ2) is 11.9. The molecule has 212 valence electrons. The van der Waals surface area contributed by atoms with Crippen molar-refractivity contribution >= 4 is 5.91 Å². The second-order valence-corrected chi connectivity index (χ2v) is 10.9. The number of hydrogen-bond acceptors (Lipinski definition) is 6. The number of carbonyl (C=O) groups is 1. The molecule has 1 aromatic heterocycles. The van der Waals surface area contributed by atoms with Gasteiger partial charge in [0.1, 0.15) is 0 Å². The average molecular weight is 548 g/mol. The molecule has 2 fully saturated rings. The summed E-state index contributed by atoms with van der Waals surface area (Å²) in [5, 5.41) is 3.71. The number of amides is 1. The summed E-state index contributed by atoms with van der Waals surface area (Å²) in [5.41, 5.74) is 0.564. The highest BCUT2D eigenvalue weighted by atomic mass is 19.4. The van der Waals surface area contributed by atoms with Crippen LogP contribution in [-0.4, -0.2) is 67.5 Å². The van der Waals surface area contributed by atoms with Crippen LogP contribution in [0.4, 0.5) is 13.2 Å². The number of methoxy groups -OCH3 is 1. The van der Waals surface area contributed by atoms with Crippen LogP contribution in [0.25, 0.3) is 0 Å². The zero-order valence-corrected chi connectivity index (χ0v) is 22.2. The predicted octanol–water partition coefficient (Wildman–Crippen LogP) is 4.13. The molecule has 39 heavy (non-hydrogen) atoms. The van der Waals surface area contributed by atoms with Crippen LogP contribution in [0.2, 0.25) is 0 Å². The molecule has 1 aromatic carbocycles. The molecule has 1 unspecified atom stereocenters. The van der Waals surface area contributed by atoms with Crippen molar-refractivity contribution < 1.29 is 32.2 Å². The van der Waals surface area contributed by atoms with Gasteiger partial charge in [0.2, 0.25) is 5.91 Å². The maximum absolute atomic E-state index is 14.1. The molecule has 10 heteroatoms. The molecular formula is C29H36F3N3O4. The molecule has 4 atom stereocenters. The lowest BCUT2D eigenvalue weighted by Gasteiger charge is -2.37. The summed E-state index contributed by atoms with van der Waals surface area (Å²) in [6, 6.07) is 11.2. The van der Waals surface area contributed by atoms with E-state index in [2.05, 4.69) is 10.3 Å². The summed E-state index contributed by atoms with van der Waals surface area (Å²) in [4.78, 5) is 19.9. The number of benzene rings is 1. The van der Waals surface area contributed by atoms with Crippen LogP contribution in [0.15, 0.2) is 42.6 Å². The fourth-order valence-electron chi connectivity index (χ4n) is 6.12. The first-order chi connectivity index (χ1) is 18.8. The summed E-state index contributed by atoms with van der Waals surface area (Å²) < 4.78 is 57.3. The third kappa shape index (κ3) is 6.45. The highest BCUT2D eigenvalue weighted by molar-refractivity contribution is 5.83. The van der Waals surface area contributed by atoms with Gasteiger partial charge >= 0.3 is 6.18 Å². The van der Waals surface area contributed by atoms with Crippen molar-refractivity contribution in [3.05, 3.63) is 65.0 Å². The molecule has 3 aliphatic rings. The lowest BCUT2D eigenvalue weighted by atomic mass is 9.84. The number of fused-ring (bicyclic) bond motifs is 1. The van der Waals surface area contributed by atoms with E-state index in [0.717, 1.165) is 30.7 Å². The SMILES string of the molecule is CO[C@@H]1COCC[C@@H]1NC1CC[C@](COCc2ccccc2)(C(=O)N2CCc3ncc(C(F)(F)F)cc3C2)C1. The van der Waals surface area contributed by atoms with Gasteiger partial charge < -0.3 is 24.4 Å². The highest BCUT2D eigenvalue weighted by Gasteiger charge is 2.48. The van der Waals surface area contributed by atoms with E-state index < -0.39 is 17.2 Å². The zero-order valence-electron chi connectivity index (χ0n) is 22.2. The van der Waals surface area contributed by atoms with Gasteiger partial charge in [0, 0.05) is 57.2 Å². The predicted molar refractivity (Wildman–Crippen MR) is 138 cm³/mol. The minimum atomic E-state index is -4.48. The molecule has 0 radical (unpaired) electrons. The van der Waals surface area contributed by atoms with E-state index >= 15 is 0 Å². The first kappa shape index (κ1) is 28.0. The Bertz CT molecular complexity index is 1130. The number of nitrogens with one attached hydrogen (secondary N) is 1. The van der Waals surface area contributed by atoms with Gasteiger partial charge in [-0.2, -0.15) is 13.2 Å². The molecule has 5 rings (SSSR count). The van der Waals surface area contributed by atoms with Gasteiger partial charge in [-0.1, -0.05) is 30.3 Å². The summed E-state index contributed by atoms with van der Waals surface area (Å²) in [7, 11) is 1.68. The molecule has 1 N–H and O–H groups in total. The summed E-state index contributed by atoms with van der Waals surface area (Å²) >= 11 is 0. The summed E-state index contributed by atoms with van der Waals surface area (Å²) in [5.74, 6) is -0.0572. The maximum atomic E-state index is 14.1. The summed E-state index contributed by atoms with van der Waals surface area (Å²) in [6.45, 7) is 2.39. The van der Waals surface area contributed by atoms with Crippen molar-refractivity contribution in [1.29, 1.82) is 0 Å². The van der Waals surface area contributed by atoms with E-state index in [0.29, 0.717) is 56.9 Å². The number of alkyl halides is 3. The number of ether oxygens (including phenoxy) is 3. The van der Waals surface area contributed by atoms with Crippen molar-refractivity contribution in [3.63, 3.8) is 0 Å². The van der Waals surface area contributed by atoms with Crippen molar-refractivity contribution in [1.82, 2.24) is 15.2 Å². The van der Waals surface area contributed by atoms with Gasteiger partial charge in [0.25, 0.3) is 0 Å². The topological polar surface area (TPSA) is 72.9 Å². The van der Waals surface area contributed by atoms with Crippen LogP contribution >= 0.6 is 0 Å². The third-order valence-electron chi connectivity index (χ3n) is 8.26. The number of hydrogen-bond donors (Lipinski definition) is 1. The van der Waals surface area contributed by atoms with Crippen LogP contribution in [0, 0.1) is 5.41 Å². The minimum absolute atomic E-state index is 0.0484. The fourth-order valence-corrected chi connectivity index (χ4v) is 6.12. The standard InChI is InChI=1S/C29H36F3N3O4/c1-37-26-18-38-12-9-25(26)34-23-7-10-28(14-23,19-39-17-20-5-3-2-4-6-20)27(36)35-11-8-24-21(16-35)13-22(15-33-24)29(30,31)32/h2-6,13,15,23,25-26,34H,7-12,14,16-19H2,1H3/t23?,25-,26+,28-/m0/s1. The molecule has 1 saturated carbocycles. The largest absolute Gasteiger partial charge is 0.417 e. The lowest BCUT2D eigenvalue weighted by molar-refractivity contribution is -0.147. The minimum Gasteiger partial charge on any atom is -0.379 e. The van der Waals surface area contributed by atoms with Gasteiger partial charge in [0.15, 0.2) is 0 Å². The van der Waals surface area contributed by atoms with Gasteiger partial charge in [-0.3, -0.25) is 9.78 Å². The maximum Gasteiger partial charge on any atom is 0.417 e. The molecular weight excluding hydrogens is 511 g/mol. The van der Waals surface area contributed by atoms with E-state index in [9.17, 15) is 18.0 Å². The Morgan fingerprint density at radius 2 is 2.08 bits per heavy atom. The number of aromatic nitrogens is 1. The Labute approximate surface area is 227 Å². The molecule has 1 saturated heterocycles. The van der Waals surface area contributed by atoms with E-state index in [1.807, 2.05) is 30.3 Å². The number of carbonyl (C=O) groups excluding carboxylic acids is 1. The van der Waals surface area contributed by atoms with Crippen LogP contribution in [0.3, 0.4) is 0 Å². The molecule has 1 aliphatic carbocycles. The Hall–Kier alpha value is -2.53. The van der Waals surface area contributed by atoms with E-state index in [4.69, 9.17) is 14.2 Å². The number of nitrogens with zero attached hydrogens (tertiary/aromatic N) is 2. The quantitative estimate of drug-likeness (QED) is 0.536. The van der Waals surface area contributed by atoms with Crippen molar-refractivity contribution in [2.24, 2.45) is 5.41 Å². The van der Waals surface area contributed by atoms with Crippen molar-refractivity contribution in [3.8, 4) is 0 Å². The molecule has 0 bridgehead atoms. The normalized spacial score (nSPS) is 27.4. The number of pyridine rings is 1. The van der Waals surface area contributed by atoms with Crippen LogP contribution in [-0.2, 0) is 44.8 Å². The third-order valence-corrected chi connectivity index (χ3v) is 8.26. The highest BCUT2D eigenvalue weighted by Crippen LogP contribution is 2.42. The zero-order chi connectivity index (χ0) is 27.5. The molecule has 0 spiro atoms. The van der Waals surface area contributed by atoms with Crippen LogP contribution in [0.5, 0.6) is 0 Å². The first-order valence-corrected chi connectivity index (χ1v) is 13.6. The van der Waals surface area contributed by atoms with E-state index in [-0.39, 0.29) is 37.2 Å². The Balaban J connectivity index is 1.32. The first-order valence-electron chi connectivity index (χ1n) is 13.6. The Morgan fingerprint density at radius 1 is 1.26 bits per heavy atom. The second-order valence-electron chi connectivity index (χ2n) is 10.9. The van der Waals surface area contributed by atoms with Crippen molar-refractivity contribution in [2.75, 3.05) is 33.5 Å². The van der Waals surface area contributed by atoms with E-state index in [1.165, 1.54) is 0 Å². The molecule has 2 aliphatic heterocycles. The van der Waals surface area contributed by atoms with Gasteiger partial charge in [-0.15, -0.1) is 0 Å². The smallest absolute Gasteiger partial charge is 0.379 e. The summed E-state index contributed by atoms with van der Waals surface area (Å²) in [6.07, 6.45) is -0.341. The number of rotatable bonds is 8. The van der Waals surface area contributed by atoms with Gasteiger partial charge in [-0.05, 0) is 42.9 Å². The van der Waals surface area contributed by atoms with Crippen LogP contribution in [0.1, 0.15) is 48.1 Å². The molecule has 2 aromatic rings. The fraction of sp³-hybridized carbons (Fsp3) is 0.586. The van der Waals surface area contributed by atoms with Crippen molar-refractivity contribution in [2.45, 2.75) is 69.6 Å². The number of halogens is 3. The van der Waals surface area contributed by atoms with Crippen LogP contribution < -0.4 is 5.32 Å². The Kier molecular flexibility index (Phi) is 8.56. The monoisotopic (exact) mass is 547 g/mol. The molecule has 7 nitrogen and oxygen atoms in total. The van der Waals surface area contributed by atoms with E-state index in [1.54, 1.807) is 12.0 Å². The Morgan fingerprint density at radius 3 is 2.85 bits per heavy atom. The van der Waals surface area contributed by atoms with Gasteiger partial charge in [-0.25, -0.2) is 0 Å². The van der Waals surface area contributed by atoms with Gasteiger partial charge in [0.05, 0.1) is 36.9 Å².